The van der Waals surface area contributed by atoms with E-state index in [1.807, 2.05) is 24.8 Å². The van der Waals surface area contributed by atoms with Crippen LogP contribution in [-0.4, -0.2) is 20.9 Å². The quantitative estimate of drug-likeness (QED) is 0.708. The number of benzene rings is 1. The van der Waals surface area contributed by atoms with Gasteiger partial charge in [0, 0.05) is 29.1 Å². The first-order valence-corrected chi connectivity index (χ1v) is 9.40. The van der Waals surface area contributed by atoms with Gasteiger partial charge in [-0.2, -0.15) is 5.10 Å². The van der Waals surface area contributed by atoms with E-state index in [1.165, 1.54) is 16.9 Å². The van der Waals surface area contributed by atoms with E-state index in [2.05, 4.69) is 35.2 Å². The van der Waals surface area contributed by atoms with Gasteiger partial charge in [-0.25, -0.2) is 9.78 Å². The number of carbonyl (C=O) groups excluding carboxylic acids is 1. The van der Waals surface area contributed by atoms with E-state index in [0.717, 1.165) is 32.5 Å². The molecular weight excluding hydrogens is 356 g/mol. The second-order valence-corrected chi connectivity index (χ2v) is 7.45. The number of hydrogen-bond donors (Lipinski definition) is 1. The topological polar surface area (TPSA) is 83.0 Å². The normalized spacial score (nSPS) is 10.8. The molecule has 0 bridgehead atoms. The van der Waals surface area contributed by atoms with Crippen molar-refractivity contribution >= 4 is 29.2 Å². The lowest BCUT2D eigenvalue weighted by molar-refractivity contribution is 0.150. The van der Waals surface area contributed by atoms with Crippen molar-refractivity contribution in [1.29, 1.82) is 0 Å². The molecule has 8 heteroatoms. The minimum absolute atomic E-state index is 0.108. The van der Waals surface area contributed by atoms with E-state index < -0.39 is 6.09 Å². The van der Waals surface area contributed by atoms with Crippen molar-refractivity contribution in [3.8, 4) is 11.1 Å². The number of amides is 1. The predicted molar refractivity (Wildman–Crippen MR) is 98.6 cm³/mol. The van der Waals surface area contributed by atoms with Gasteiger partial charge in [-0.1, -0.05) is 24.8 Å². The lowest BCUT2D eigenvalue weighted by atomic mass is 10.1. The lowest BCUT2D eigenvalue weighted by Crippen LogP contribution is -2.12. The van der Waals surface area contributed by atoms with Crippen molar-refractivity contribution in [2.45, 2.75) is 29.9 Å². The van der Waals surface area contributed by atoms with Gasteiger partial charge in [0.05, 0.1) is 6.20 Å². The number of nitrogens with two attached hydrogens (primary N) is 1. The minimum Gasteiger partial charge on any atom is -0.442 e. The van der Waals surface area contributed by atoms with E-state index >= 15 is 0 Å². The van der Waals surface area contributed by atoms with E-state index in [0.29, 0.717) is 0 Å². The standard InChI is InChI=1S/C17H18N4O2S2/c1-3-11-4-12(13-7-19-21(2)8-13)6-14(5-11)25-16-10-24-15(20-16)9-23-17(18)22/h4-8,10H,3,9H2,1-2H3,(H2,18,22). The highest BCUT2D eigenvalue weighted by Gasteiger charge is 2.09. The summed E-state index contributed by atoms with van der Waals surface area (Å²) in [4.78, 5) is 16.3. The van der Waals surface area contributed by atoms with Crippen molar-refractivity contribution in [2.75, 3.05) is 0 Å². The lowest BCUT2D eigenvalue weighted by Gasteiger charge is -2.06. The Bertz CT molecular complexity index is 888. The Morgan fingerprint density at radius 2 is 2.20 bits per heavy atom. The first kappa shape index (κ1) is 17.5. The van der Waals surface area contributed by atoms with Gasteiger partial charge >= 0.3 is 6.09 Å². The van der Waals surface area contributed by atoms with Gasteiger partial charge in [-0.3, -0.25) is 4.68 Å². The molecule has 0 fully saturated rings. The van der Waals surface area contributed by atoms with Crippen LogP contribution in [0.25, 0.3) is 11.1 Å². The van der Waals surface area contributed by atoms with Crippen molar-refractivity contribution in [2.24, 2.45) is 12.8 Å². The predicted octanol–water partition coefficient (Wildman–Crippen LogP) is 3.85. The fraction of sp³-hybridized carbons (Fsp3) is 0.235. The number of nitrogens with zero attached hydrogens (tertiary/aromatic N) is 3. The van der Waals surface area contributed by atoms with Crippen LogP contribution in [0.15, 0.2) is 45.9 Å². The Balaban J connectivity index is 1.81. The van der Waals surface area contributed by atoms with Crippen LogP contribution in [0.4, 0.5) is 4.79 Å². The molecule has 0 aliphatic heterocycles. The monoisotopic (exact) mass is 374 g/mol. The molecule has 3 aromatic rings. The number of hydrogen-bond acceptors (Lipinski definition) is 6. The number of aromatic nitrogens is 3. The number of carbonyl (C=O) groups is 1. The molecule has 6 nitrogen and oxygen atoms in total. The summed E-state index contributed by atoms with van der Waals surface area (Å²) in [5, 5.41) is 7.80. The molecule has 2 N–H and O–H groups in total. The number of rotatable bonds is 6. The smallest absolute Gasteiger partial charge is 0.404 e. The molecule has 0 saturated heterocycles. The van der Waals surface area contributed by atoms with E-state index in [9.17, 15) is 4.79 Å². The highest BCUT2D eigenvalue weighted by Crippen LogP contribution is 2.33. The summed E-state index contributed by atoms with van der Waals surface area (Å²) < 4.78 is 6.57. The number of aryl methyl sites for hydroxylation is 2. The highest BCUT2D eigenvalue weighted by molar-refractivity contribution is 7.99. The largest absolute Gasteiger partial charge is 0.442 e. The summed E-state index contributed by atoms with van der Waals surface area (Å²) in [6.45, 7) is 2.25. The van der Waals surface area contributed by atoms with E-state index in [1.54, 1.807) is 16.4 Å². The summed E-state index contributed by atoms with van der Waals surface area (Å²) in [5.74, 6) is 0. The van der Waals surface area contributed by atoms with Crippen LogP contribution >= 0.6 is 23.1 Å². The van der Waals surface area contributed by atoms with Crippen LogP contribution < -0.4 is 5.73 Å². The third-order valence-corrected chi connectivity index (χ3v) is 5.36. The molecule has 0 unspecified atom stereocenters. The molecule has 0 saturated carbocycles. The van der Waals surface area contributed by atoms with Crippen LogP contribution in [0.1, 0.15) is 17.5 Å². The third kappa shape index (κ3) is 4.61. The van der Waals surface area contributed by atoms with Crippen LogP contribution in [0, 0.1) is 0 Å². The average molecular weight is 374 g/mol. The second-order valence-electron chi connectivity index (χ2n) is 5.41. The van der Waals surface area contributed by atoms with Gasteiger partial charge in [0.25, 0.3) is 0 Å². The first-order chi connectivity index (χ1) is 12.0. The van der Waals surface area contributed by atoms with Gasteiger partial charge in [-0.15, -0.1) is 11.3 Å². The fourth-order valence-corrected chi connectivity index (χ4v) is 4.08. The van der Waals surface area contributed by atoms with E-state index in [-0.39, 0.29) is 6.61 Å². The Morgan fingerprint density at radius 3 is 2.88 bits per heavy atom. The molecule has 2 heterocycles. The maximum atomic E-state index is 10.7. The summed E-state index contributed by atoms with van der Waals surface area (Å²) >= 11 is 3.03. The molecule has 2 aromatic heterocycles. The fourth-order valence-electron chi connectivity index (χ4n) is 2.32. The van der Waals surface area contributed by atoms with Crippen molar-refractivity contribution in [3.05, 3.63) is 46.5 Å². The summed E-state index contributed by atoms with van der Waals surface area (Å²) in [6.07, 6.45) is 4.04. The molecular formula is C17H18N4O2S2. The van der Waals surface area contributed by atoms with Gasteiger partial charge < -0.3 is 10.5 Å². The molecule has 1 aromatic carbocycles. The van der Waals surface area contributed by atoms with Crippen molar-refractivity contribution < 1.29 is 9.53 Å². The minimum atomic E-state index is -0.791. The average Bonchev–Trinajstić information content (AvgIpc) is 3.21. The summed E-state index contributed by atoms with van der Waals surface area (Å²) in [5.41, 5.74) is 8.47. The molecule has 0 aliphatic rings. The first-order valence-electron chi connectivity index (χ1n) is 7.71. The van der Waals surface area contributed by atoms with Gasteiger partial charge in [0.2, 0.25) is 0 Å². The molecule has 0 radical (unpaired) electrons. The number of primary amides is 1. The summed E-state index contributed by atoms with van der Waals surface area (Å²) in [6, 6.07) is 6.50. The Labute approximate surface area is 154 Å². The molecule has 130 valence electrons. The number of thiazole rings is 1. The molecule has 0 atom stereocenters. The molecule has 0 aliphatic carbocycles. The Hall–Kier alpha value is -2.32. The zero-order chi connectivity index (χ0) is 17.8. The van der Waals surface area contributed by atoms with Crippen molar-refractivity contribution in [1.82, 2.24) is 14.8 Å². The highest BCUT2D eigenvalue weighted by atomic mass is 32.2. The Kier molecular flexibility index (Phi) is 5.40. The Morgan fingerprint density at radius 1 is 1.36 bits per heavy atom. The second kappa shape index (κ2) is 7.71. The zero-order valence-corrected chi connectivity index (χ0v) is 15.6. The van der Waals surface area contributed by atoms with Gasteiger partial charge in [0.15, 0.2) is 0 Å². The molecule has 1 amide bonds. The summed E-state index contributed by atoms with van der Waals surface area (Å²) in [7, 11) is 1.91. The maximum absolute atomic E-state index is 10.7. The zero-order valence-electron chi connectivity index (χ0n) is 13.9. The SMILES string of the molecule is CCc1cc(Sc2csc(COC(N)=O)n2)cc(-c2cnn(C)c2)c1. The van der Waals surface area contributed by atoms with Gasteiger partial charge in [-0.05, 0) is 29.7 Å². The van der Waals surface area contributed by atoms with Crippen LogP contribution in [0.5, 0.6) is 0 Å². The van der Waals surface area contributed by atoms with Crippen LogP contribution in [0.2, 0.25) is 0 Å². The van der Waals surface area contributed by atoms with Crippen molar-refractivity contribution in [3.63, 3.8) is 0 Å². The third-order valence-electron chi connectivity index (χ3n) is 3.50. The number of ether oxygens (including phenoxy) is 1. The molecule has 0 spiro atoms. The maximum Gasteiger partial charge on any atom is 0.404 e. The van der Waals surface area contributed by atoms with Gasteiger partial charge in [0.1, 0.15) is 16.6 Å². The van der Waals surface area contributed by atoms with E-state index in [4.69, 9.17) is 10.5 Å². The van der Waals surface area contributed by atoms with Crippen LogP contribution in [-0.2, 0) is 24.8 Å². The molecule has 25 heavy (non-hydrogen) atoms. The molecule has 3 rings (SSSR count). The van der Waals surface area contributed by atoms with Crippen LogP contribution in [0.3, 0.4) is 0 Å².